The molecule has 21 heavy (non-hydrogen) atoms. The highest BCUT2D eigenvalue weighted by Crippen LogP contribution is 2.28. The van der Waals surface area contributed by atoms with E-state index in [0.29, 0.717) is 6.42 Å². The molecule has 1 fully saturated rings. The summed E-state index contributed by atoms with van der Waals surface area (Å²) in [4.78, 5) is 14.3. The molecule has 0 spiro atoms. The number of hydrogen-bond donors (Lipinski definition) is 3. The maximum absolute atomic E-state index is 12.7. The van der Waals surface area contributed by atoms with Crippen LogP contribution in [0.5, 0.6) is 0 Å². The molecule has 1 aromatic carbocycles. The van der Waals surface area contributed by atoms with Crippen molar-refractivity contribution in [3.63, 3.8) is 0 Å². The van der Waals surface area contributed by atoms with Gasteiger partial charge in [0.1, 0.15) is 5.92 Å². The molecule has 1 aliphatic rings. The number of amidine groups is 1. The Kier molecular flexibility index (Phi) is 5.16. The molecule has 0 aromatic heterocycles. The third-order valence-electron chi connectivity index (χ3n) is 3.66. The Morgan fingerprint density at radius 3 is 2.57 bits per heavy atom. The molecule has 1 atom stereocenters. The summed E-state index contributed by atoms with van der Waals surface area (Å²) in [5.74, 6) is -0.984. The van der Waals surface area contributed by atoms with Crippen LogP contribution in [-0.2, 0) is 11.2 Å². The van der Waals surface area contributed by atoms with Gasteiger partial charge in [0, 0.05) is 12.6 Å². The lowest BCUT2D eigenvalue weighted by atomic mass is 9.96. The zero-order valence-electron chi connectivity index (χ0n) is 11.9. The second kappa shape index (κ2) is 7.08. The van der Waals surface area contributed by atoms with Crippen molar-refractivity contribution >= 4 is 11.7 Å². The second-order valence-electron chi connectivity index (χ2n) is 5.25. The molecule has 0 radical (unpaired) electrons. The van der Waals surface area contributed by atoms with Crippen molar-refractivity contribution in [1.29, 1.82) is 0 Å². The largest absolute Gasteiger partial charge is 0.409 e. The van der Waals surface area contributed by atoms with Crippen LogP contribution in [0.4, 0.5) is 0 Å². The van der Waals surface area contributed by atoms with Gasteiger partial charge in [0.2, 0.25) is 5.91 Å². The molecule has 1 aromatic rings. The molecule has 1 aliphatic carbocycles. The van der Waals surface area contributed by atoms with E-state index in [9.17, 15) is 4.79 Å². The Balaban J connectivity index is 2.16. The lowest BCUT2D eigenvalue weighted by Gasteiger charge is -2.26. The van der Waals surface area contributed by atoms with Crippen LogP contribution in [-0.4, -0.2) is 46.1 Å². The van der Waals surface area contributed by atoms with Gasteiger partial charge in [0.05, 0.1) is 6.61 Å². The van der Waals surface area contributed by atoms with Crippen molar-refractivity contribution in [3.8, 4) is 0 Å². The first-order valence-electron chi connectivity index (χ1n) is 7.10. The maximum Gasteiger partial charge on any atom is 0.234 e. The van der Waals surface area contributed by atoms with Gasteiger partial charge in [-0.25, -0.2) is 0 Å². The molecule has 0 heterocycles. The number of oxime groups is 1. The summed E-state index contributed by atoms with van der Waals surface area (Å²) in [5, 5.41) is 21.1. The Morgan fingerprint density at radius 1 is 1.38 bits per heavy atom. The van der Waals surface area contributed by atoms with Gasteiger partial charge in [-0.05, 0) is 24.8 Å². The molecule has 4 N–H and O–H groups in total. The van der Waals surface area contributed by atoms with Gasteiger partial charge in [-0.1, -0.05) is 35.5 Å². The highest BCUT2D eigenvalue weighted by atomic mass is 16.4. The van der Waals surface area contributed by atoms with Gasteiger partial charge in [0.15, 0.2) is 5.84 Å². The number of aliphatic hydroxyl groups is 1. The van der Waals surface area contributed by atoms with E-state index in [2.05, 4.69) is 5.16 Å². The molecule has 1 saturated carbocycles. The topological polar surface area (TPSA) is 99.2 Å². The van der Waals surface area contributed by atoms with E-state index in [1.54, 1.807) is 4.90 Å². The van der Waals surface area contributed by atoms with Crippen LogP contribution in [0, 0.1) is 5.92 Å². The number of aliphatic hydroxyl groups excluding tert-OH is 1. The van der Waals surface area contributed by atoms with Crippen LogP contribution in [0.3, 0.4) is 0 Å². The molecule has 1 unspecified atom stereocenters. The van der Waals surface area contributed by atoms with Crippen LogP contribution in [0.1, 0.15) is 18.4 Å². The number of hydrogen-bond acceptors (Lipinski definition) is 4. The molecule has 2 rings (SSSR count). The predicted octanol–water partition coefficient (Wildman–Crippen LogP) is 0.575. The van der Waals surface area contributed by atoms with E-state index < -0.39 is 5.92 Å². The number of amides is 1. The Morgan fingerprint density at radius 2 is 2.05 bits per heavy atom. The summed E-state index contributed by atoms with van der Waals surface area (Å²) in [5.41, 5.74) is 6.66. The fraction of sp³-hybridized carbons (Fsp3) is 0.467. The Bertz CT molecular complexity index is 500. The Hall–Kier alpha value is -2.08. The molecular formula is C15H21N3O3. The monoisotopic (exact) mass is 291 g/mol. The van der Waals surface area contributed by atoms with Crippen molar-refractivity contribution in [3.05, 3.63) is 35.9 Å². The summed E-state index contributed by atoms with van der Waals surface area (Å²) >= 11 is 0. The molecule has 1 amide bonds. The lowest BCUT2D eigenvalue weighted by Crippen LogP contribution is -2.45. The number of rotatable bonds is 7. The summed E-state index contributed by atoms with van der Waals surface area (Å²) in [6.07, 6.45) is 2.27. The van der Waals surface area contributed by atoms with E-state index in [1.807, 2.05) is 30.3 Å². The third kappa shape index (κ3) is 3.95. The van der Waals surface area contributed by atoms with Crippen LogP contribution >= 0.6 is 0 Å². The smallest absolute Gasteiger partial charge is 0.234 e. The molecule has 0 aliphatic heterocycles. The number of carbonyl (C=O) groups excluding carboxylic acids is 1. The van der Waals surface area contributed by atoms with Crippen LogP contribution in [0.15, 0.2) is 35.5 Å². The fourth-order valence-corrected chi connectivity index (χ4v) is 2.40. The van der Waals surface area contributed by atoms with Crippen molar-refractivity contribution in [2.24, 2.45) is 16.8 Å². The quantitative estimate of drug-likeness (QED) is 0.296. The predicted molar refractivity (Wildman–Crippen MR) is 78.9 cm³/mol. The van der Waals surface area contributed by atoms with Gasteiger partial charge in [-0.3, -0.25) is 4.79 Å². The zero-order chi connectivity index (χ0) is 15.2. The summed E-state index contributed by atoms with van der Waals surface area (Å²) in [6, 6.07) is 9.64. The summed E-state index contributed by atoms with van der Waals surface area (Å²) < 4.78 is 0. The normalized spacial score (nSPS) is 16.5. The van der Waals surface area contributed by atoms with Crippen molar-refractivity contribution in [2.75, 3.05) is 13.2 Å². The number of carbonyl (C=O) groups is 1. The van der Waals surface area contributed by atoms with E-state index >= 15 is 0 Å². The van der Waals surface area contributed by atoms with Crippen molar-refractivity contribution in [1.82, 2.24) is 4.90 Å². The number of benzene rings is 1. The molecular weight excluding hydrogens is 270 g/mol. The van der Waals surface area contributed by atoms with Crippen molar-refractivity contribution in [2.45, 2.75) is 25.3 Å². The first-order chi connectivity index (χ1) is 10.2. The van der Waals surface area contributed by atoms with Crippen molar-refractivity contribution < 1.29 is 15.1 Å². The van der Waals surface area contributed by atoms with Crippen LogP contribution in [0.25, 0.3) is 0 Å². The average molecular weight is 291 g/mol. The molecule has 114 valence electrons. The van der Waals surface area contributed by atoms with Gasteiger partial charge < -0.3 is 20.9 Å². The number of nitrogens with two attached hydrogens (primary N) is 1. The molecule has 0 bridgehead atoms. The first kappa shape index (κ1) is 15.3. The standard InChI is InChI=1S/C15H21N3O3/c16-14(17-21)13(10-11-4-2-1-3-5-11)15(20)18(8-9-19)12-6-7-12/h1-5,12-13,19,21H,6-10H2,(H2,16,17). The average Bonchev–Trinajstić information content (AvgIpc) is 3.34. The zero-order valence-corrected chi connectivity index (χ0v) is 11.9. The third-order valence-corrected chi connectivity index (χ3v) is 3.66. The van der Waals surface area contributed by atoms with Gasteiger partial charge in [-0.15, -0.1) is 0 Å². The van der Waals surface area contributed by atoms with Gasteiger partial charge >= 0.3 is 0 Å². The minimum Gasteiger partial charge on any atom is -0.409 e. The van der Waals surface area contributed by atoms with E-state index in [-0.39, 0.29) is 30.9 Å². The minimum absolute atomic E-state index is 0.0868. The van der Waals surface area contributed by atoms with E-state index in [0.717, 1.165) is 18.4 Å². The summed E-state index contributed by atoms with van der Waals surface area (Å²) in [7, 11) is 0. The molecule has 6 heteroatoms. The lowest BCUT2D eigenvalue weighted by molar-refractivity contribution is -0.134. The van der Waals surface area contributed by atoms with Gasteiger partial charge in [-0.2, -0.15) is 0 Å². The molecule has 6 nitrogen and oxygen atoms in total. The van der Waals surface area contributed by atoms with E-state index in [4.69, 9.17) is 16.0 Å². The first-order valence-corrected chi connectivity index (χ1v) is 7.10. The second-order valence-corrected chi connectivity index (χ2v) is 5.25. The fourth-order valence-electron chi connectivity index (χ4n) is 2.40. The number of nitrogens with zero attached hydrogens (tertiary/aromatic N) is 2. The molecule has 0 saturated heterocycles. The summed E-state index contributed by atoms with van der Waals surface area (Å²) in [6.45, 7) is 0.198. The van der Waals surface area contributed by atoms with E-state index in [1.165, 1.54) is 0 Å². The maximum atomic E-state index is 12.7. The van der Waals surface area contributed by atoms with Crippen LogP contribution in [0.2, 0.25) is 0 Å². The van der Waals surface area contributed by atoms with Gasteiger partial charge in [0.25, 0.3) is 0 Å². The minimum atomic E-state index is -0.704. The highest BCUT2D eigenvalue weighted by molar-refractivity contribution is 6.02. The van der Waals surface area contributed by atoms with Crippen LogP contribution < -0.4 is 5.73 Å². The highest BCUT2D eigenvalue weighted by Gasteiger charge is 2.37. The SMILES string of the molecule is NC(=NO)C(Cc1ccccc1)C(=O)N(CCO)C1CC1. The Labute approximate surface area is 123 Å².